The second-order valence-corrected chi connectivity index (χ2v) is 6.34. The molecule has 0 aliphatic rings. The van der Waals surface area contributed by atoms with Gasteiger partial charge in [-0.1, -0.05) is 17.7 Å². The van der Waals surface area contributed by atoms with Gasteiger partial charge in [-0.15, -0.1) is 0 Å². The summed E-state index contributed by atoms with van der Waals surface area (Å²) in [5.74, 6) is 2.14. The summed E-state index contributed by atoms with van der Waals surface area (Å²) < 4.78 is 5.81. The maximum Gasteiger partial charge on any atom is 0.147 e. The Balaban J connectivity index is 1.89. The van der Waals surface area contributed by atoms with Crippen molar-refractivity contribution in [3.63, 3.8) is 0 Å². The monoisotopic (exact) mass is 365 g/mol. The summed E-state index contributed by atoms with van der Waals surface area (Å²) in [5, 5.41) is 15.4. The van der Waals surface area contributed by atoms with Crippen LogP contribution in [0, 0.1) is 6.92 Å². The number of aromatic nitrogens is 2. The molecule has 26 heavy (non-hydrogen) atoms. The van der Waals surface area contributed by atoms with E-state index >= 15 is 0 Å². The second kappa shape index (κ2) is 6.69. The quantitative estimate of drug-likeness (QED) is 0.527. The molecule has 5 nitrogen and oxygen atoms in total. The highest BCUT2D eigenvalue weighted by atomic mass is 35.5. The summed E-state index contributed by atoms with van der Waals surface area (Å²) in [7, 11) is 0. The van der Waals surface area contributed by atoms with E-state index in [1.165, 1.54) is 0 Å². The van der Waals surface area contributed by atoms with Gasteiger partial charge in [0.1, 0.15) is 34.6 Å². The van der Waals surface area contributed by atoms with E-state index in [0.717, 1.165) is 5.76 Å². The standard InChI is InChI=1S/C20H16ClN3O2/c1-12-7-8-16(26-12)18(24-17-6-2-3-9-22-17)14-11-15(21)13-5-4-10-23-19(13)20(14)25/h2-11,18,25H,1H3,(H,22,24)/t18-/m1/s1. The van der Waals surface area contributed by atoms with Crippen LogP contribution in [0.5, 0.6) is 5.75 Å². The van der Waals surface area contributed by atoms with Crippen LogP contribution in [-0.4, -0.2) is 15.1 Å². The van der Waals surface area contributed by atoms with Gasteiger partial charge in [0.15, 0.2) is 0 Å². The highest BCUT2D eigenvalue weighted by Gasteiger charge is 2.24. The van der Waals surface area contributed by atoms with Gasteiger partial charge in [0, 0.05) is 23.3 Å². The number of aromatic hydroxyl groups is 1. The lowest BCUT2D eigenvalue weighted by molar-refractivity contribution is 0.450. The third-order valence-corrected chi connectivity index (χ3v) is 4.47. The molecule has 0 aliphatic carbocycles. The number of nitrogens with one attached hydrogen (secondary N) is 1. The molecule has 4 aromatic rings. The summed E-state index contributed by atoms with van der Waals surface area (Å²) in [6.07, 6.45) is 3.32. The minimum Gasteiger partial charge on any atom is -0.505 e. The molecule has 1 atom stereocenters. The van der Waals surface area contributed by atoms with Crippen molar-refractivity contribution < 1.29 is 9.52 Å². The number of phenols is 1. The smallest absolute Gasteiger partial charge is 0.147 e. The number of hydrogen-bond donors (Lipinski definition) is 2. The zero-order valence-electron chi connectivity index (χ0n) is 14.0. The summed E-state index contributed by atoms with van der Waals surface area (Å²) >= 11 is 6.45. The number of pyridine rings is 2. The Labute approximate surface area is 155 Å². The average molecular weight is 366 g/mol. The Bertz CT molecular complexity index is 1060. The SMILES string of the molecule is Cc1ccc([C@H](Nc2ccccn2)c2cc(Cl)c3cccnc3c2O)o1. The van der Waals surface area contributed by atoms with Gasteiger partial charge in [-0.3, -0.25) is 4.98 Å². The maximum atomic E-state index is 10.9. The molecular weight excluding hydrogens is 350 g/mol. The molecule has 0 spiro atoms. The number of nitrogens with zero attached hydrogens (tertiary/aromatic N) is 2. The number of rotatable bonds is 4. The zero-order chi connectivity index (χ0) is 18.1. The molecule has 0 bridgehead atoms. The van der Waals surface area contributed by atoms with E-state index in [9.17, 15) is 5.11 Å². The van der Waals surface area contributed by atoms with Crippen LogP contribution < -0.4 is 5.32 Å². The molecule has 6 heteroatoms. The fraction of sp³-hybridized carbons (Fsp3) is 0.100. The molecule has 2 N–H and O–H groups in total. The number of fused-ring (bicyclic) bond motifs is 1. The Morgan fingerprint density at radius 2 is 1.92 bits per heavy atom. The third-order valence-electron chi connectivity index (χ3n) is 4.16. The summed E-state index contributed by atoms with van der Waals surface area (Å²) in [6.45, 7) is 1.87. The van der Waals surface area contributed by atoms with E-state index in [4.69, 9.17) is 16.0 Å². The topological polar surface area (TPSA) is 71.2 Å². The number of aryl methyl sites for hydroxylation is 1. The molecule has 130 valence electrons. The number of anilines is 1. The second-order valence-electron chi connectivity index (χ2n) is 5.94. The van der Waals surface area contributed by atoms with E-state index in [0.29, 0.717) is 33.1 Å². The first-order valence-electron chi connectivity index (χ1n) is 8.13. The van der Waals surface area contributed by atoms with Crippen LogP contribution in [0.4, 0.5) is 5.82 Å². The van der Waals surface area contributed by atoms with Gasteiger partial charge in [0.2, 0.25) is 0 Å². The molecule has 0 radical (unpaired) electrons. The maximum absolute atomic E-state index is 10.9. The Hall–Kier alpha value is -3.05. The average Bonchev–Trinajstić information content (AvgIpc) is 3.10. The van der Waals surface area contributed by atoms with Crippen LogP contribution in [0.25, 0.3) is 10.9 Å². The Morgan fingerprint density at radius 3 is 2.65 bits per heavy atom. The van der Waals surface area contributed by atoms with Crippen molar-refractivity contribution in [2.45, 2.75) is 13.0 Å². The number of benzene rings is 1. The van der Waals surface area contributed by atoms with E-state index in [1.807, 2.05) is 43.3 Å². The van der Waals surface area contributed by atoms with E-state index in [2.05, 4.69) is 15.3 Å². The predicted molar refractivity (Wildman–Crippen MR) is 102 cm³/mol. The van der Waals surface area contributed by atoms with Gasteiger partial charge in [0.25, 0.3) is 0 Å². The summed E-state index contributed by atoms with van der Waals surface area (Å²) in [5.41, 5.74) is 1.02. The van der Waals surface area contributed by atoms with Crippen LogP contribution in [-0.2, 0) is 0 Å². The van der Waals surface area contributed by atoms with Crippen molar-refractivity contribution in [1.29, 1.82) is 0 Å². The highest BCUT2D eigenvalue weighted by Crippen LogP contribution is 2.39. The third kappa shape index (κ3) is 2.97. The molecule has 3 aromatic heterocycles. The lowest BCUT2D eigenvalue weighted by Gasteiger charge is -2.20. The van der Waals surface area contributed by atoms with E-state index in [1.54, 1.807) is 24.5 Å². The first-order valence-corrected chi connectivity index (χ1v) is 8.51. The summed E-state index contributed by atoms with van der Waals surface area (Å²) in [4.78, 5) is 8.59. The van der Waals surface area contributed by atoms with Crippen LogP contribution >= 0.6 is 11.6 Å². The minimum atomic E-state index is -0.470. The fourth-order valence-corrected chi connectivity index (χ4v) is 3.20. The largest absolute Gasteiger partial charge is 0.505 e. The van der Waals surface area contributed by atoms with Crippen molar-refractivity contribution >= 4 is 28.3 Å². The number of phenolic OH excluding ortho intramolecular Hbond substituents is 1. The molecule has 0 saturated heterocycles. The van der Waals surface area contributed by atoms with Crippen molar-refractivity contribution in [3.8, 4) is 5.75 Å². The molecule has 3 heterocycles. The number of furan rings is 1. The van der Waals surface area contributed by atoms with Crippen molar-refractivity contribution in [2.24, 2.45) is 0 Å². The minimum absolute atomic E-state index is 0.0625. The Kier molecular flexibility index (Phi) is 4.22. The van der Waals surface area contributed by atoms with E-state index in [-0.39, 0.29) is 5.75 Å². The number of hydrogen-bond acceptors (Lipinski definition) is 5. The molecule has 0 aliphatic heterocycles. The van der Waals surface area contributed by atoms with Gasteiger partial charge in [-0.05, 0) is 49.4 Å². The van der Waals surface area contributed by atoms with Crippen molar-refractivity contribution in [1.82, 2.24) is 9.97 Å². The van der Waals surface area contributed by atoms with Crippen LogP contribution in [0.3, 0.4) is 0 Å². The lowest BCUT2D eigenvalue weighted by Crippen LogP contribution is -2.13. The molecule has 0 amide bonds. The van der Waals surface area contributed by atoms with Gasteiger partial charge >= 0.3 is 0 Å². The lowest BCUT2D eigenvalue weighted by atomic mass is 10.0. The van der Waals surface area contributed by atoms with Crippen LogP contribution in [0.2, 0.25) is 5.02 Å². The highest BCUT2D eigenvalue weighted by molar-refractivity contribution is 6.35. The number of halogens is 1. The summed E-state index contributed by atoms with van der Waals surface area (Å²) in [6, 6.07) is 14.2. The molecular formula is C20H16ClN3O2. The van der Waals surface area contributed by atoms with Gasteiger partial charge in [0.05, 0.1) is 5.02 Å². The van der Waals surface area contributed by atoms with Crippen molar-refractivity contribution in [2.75, 3.05) is 5.32 Å². The predicted octanol–water partition coefficient (Wildman–Crippen LogP) is 5.09. The Morgan fingerprint density at radius 1 is 1.08 bits per heavy atom. The zero-order valence-corrected chi connectivity index (χ0v) is 14.7. The van der Waals surface area contributed by atoms with Gasteiger partial charge < -0.3 is 14.8 Å². The van der Waals surface area contributed by atoms with Crippen molar-refractivity contribution in [3.05, 3.63) is 83.0 Å². The normalized spacial score (nSPS) is 12.2. The van der Waals surface area contributed by atoms with Crippen LogP contribution in [0.1, 0.15) is 23.1 Å². The van der Waals surface area contributed by atoms with Crippen LogP contribution in [0.15, 0.2) is 65.3 Å². The molecule has 0 unspecified atom stereocenters. The van der Waals surface area contributed by atoms with E-state index < -0.39 is 6.04 Å². The molecule has 0 saturated carbocycles. The fourth-order valence-electron chi connectivity index (χ4n) is 2.93. The first kappa shape index (κ1) is 16.4. The molecule has 4 rings (SSSR count). The first-order chi connectivity index (χ1) is 12.6. The molecule has 0 fully saturated rings. The van der Waals surface area contributed by atoms with Gasteiger partial charge in [-0.25, -0.2) is 4.98 Å². The van der Waals surface area contributed by atoms with Gasteiger partial charge in [-0.2, -0.15) is 0 Å². The molecule has 1 aromatic carbocycles.